The first-order valence-corrected chi connectivity index (χ1v) is 16.9. The number of hydrogen-bond acceptors (Lipinski definition) is 14. The van der Waals surface area contributed by atoms with Crippen LogP contribution in [0.2, 0.25) is 0 Å². The van der Waals surface area contributed by atoms with Crippen LogP contribution in [0.15, 0.2) is 66.7 Å². The minimum absolute atomic E-state index is 0.00401. The van der Waals surface area contributed by atoms with Crippen molar-refractivity contribution < 1.29 is 67.0 Å². The fourth-order valence-electron chi connectivity index (χ4n) is 6.29. The summed E-state index contributed by atoms with van der Waals surface area (Å²) >= 11 is 0. The highest BCUT2D eigenvalue weighted by Crippen LogP contribution is 2.44. The fraction of sp³-hybridized carbons (Fsp3) is 0.368. The Balaban J connectivity index is 1.33. The summed E-state index contributed by atoms with van der Waals surface area (Å²) in [5.74, 6) is -4.73. The number of hydrogen-bond donors (Lipinski definition) is 3. The number of alkyl carbamates (subject to hydrolysis) is 1. The van der Waals surface area contributed by atoms with Crippen molar-refractivity contribution in [2.45, 2.75) is 77.0 Å². The van der Waals surface area contributed by atoms with Gasteiger partial charge in [0.25, 0.3) is 0 Å². The first-order chi connectivity index (χ1) is 25.8. The van der Waals surface area contributed by atoms with Crippen LogP contribution in [0.4, 0.5) is 10.5 Å². The van der Waals surface area contributed by atoms with E-state index in [0.29, 0.717) is 5.56 Å². The molecule has 5 rings (SSSR count). The van der Waals surface area contributed by atoms with Gasteiger partial charge < -0.3 is 48.9 Å². The van der Waals surface area contributed by atoms with Crippen LogP contribution in [0.5, 0.6) is 5.75 Å². The van der Waals surface area contributed by atoms with Crippen LogP contribution < -0.4 is 15.4 Å². The van der Waals surface area contributed by atoms with Crippen molar-refractivity contribution in [3.05, 3.63) is 83.4 Å². The van der Waals surface area contributed by atoms with Gasteiger partial charge in [0.05, 0.1) is 19.4 Å². The highest BCUT2D eigenvalue weighted by molar-refractivity contribution is 5.97. The van der Waals surface area contributed by atoms with Gasteiger partial charge in [-0.1, -0.05) is 54.6 Å². The van der Waals surface area contributed by atoms with Gasteiger partial charge in [-0.2, -0.15) is 0 Å². The van der Waals surface area contributed by atoms with E-state index < -0.39 is 79.2 Å². The molecule has 0 aromatic heterocycles. The van der Waals surface area contributed by atoms with Gasteiger partial charge in [0.2, 0.25) is 18.3 Å². The largest absolute Gasteiger partial charge is 0.467 e. The van der Waals surface area contributed by atoms with Crippen LogP contribution in [0.3, 0.4) is 0 Å². The Kier molecular flexibility index (Phi) is 12.5. The maximum Gasteiger partial charge on any atom is 0.407 e. The summed E-state index contributed by atoms with van der Waals surface area (Å²) in [5, 5.41) is 15.0. The number of fused-ring (bicyclic) bond motifs is 3. The fourth-order valence-corrected chi connectivity index (χ4v) is 6.29. The van der Waals surface area contributed by atoms with Crippen LogP contribution >= 0.6 is 0 Å². The topological polar surface area (TPSA) is 211 Å². The lowest BCUT2D eigenvalue weighted by Gasteiger charge is -2.43. The number of methoxy groups -OCH3 is 1. The molecule has 0 unspecified atom stereocenters. The van der Waals surface area contributed by atoms with Crippen molar-refractivity contribution in [2.24, 2.45) is 0 Å². The van der Waals surface area contributed by atoms with Gasteiger partial charge in [0.15, 0.2) is 18.3 Å². The summed E-state index contributed by atoms with van der Waals surface area (Å²) in [6.45, 7) is 4.14. The number of nitrogens with one attached hydrogen (secondary N) is 2. The predicted molar refractivity (Wildman–Crippen MR) is 187 cm³/mol. The number of carbonyl (C=O) groups excluding carboxylic acids is 6. The number of carbonyl (C=O) groups is 6. The smallest absolute Gasteiger partial charge is 0.407 e. The Bertz CT molecular complexity index is 1870. The van der Waals surface area contributed by atoms with Gasteiger partial charge in [0.1, 0.15) is 18.4 Å². The number of amides is 2. The van der Waals surface area contributed by atoms with Gasteiger partial charge in [-0.25, -0.2) is 9.59 Å². The summed E-state index contributed by atoms with van der Waals surface area (Å²) in [7, 11) is 1.04. The summed E-state index contributed by atoms with van der Waals surface area (Å²) < 4.78 is 38.4. The molecule has 0 radical (unpaired) electrons. The lowest BCUT2D eigenvalue weighted by Crippen LogP contribution is -2.64. The van der Waals surface area contributed by atoms with Crippen LogP contribution in [0, 0.1) is 0 Å². The maximum atomic E-state index is 13.4. The van der Waals surface area contributed by atoms with Gasteiger partial charge in [0, 0.05) is 26.7 Å². The van der Waals surface area contributed by atoms with E-state index in [0.717, 1.165) is 50.1 Å². The zero-order valence-corrected chi connectivity index (χ0v) is 30.1. The third-order valence-electron chi connectivity index (χ3n) is 8.64. The molecule has 0 spiro atoms. The molecule has 0 saturated carbocycles. The van der Waals surface area contributed by atoms with Crippen molar-refractivity contribution in [2.75, 3.05) is 19.0 Å². The van der Waals surface area contributed by atoms with Gasteiger partial charge in [-0.05, 0) is 46.9 Å². The van der Waals surface area contributed by atoms with Gasteiger partial charge in [-0.15, -0.1) is 0 Å². The Hall–Kier alpha value is -6.00. The van der Waals surface area contributed by atoms with E-state index >= 15 is 0 Å². The quantitative estimate of drug-likeness (QED) is 0.180. The average Bonchev–Trinajstić information content (AvgIpc) is 3.46. The standard InChI is InChI=1S/C38H40N2O14/c1-19(39-38(47)49-18-28-26-12-8-6-10-24(26)25-11-7-9-13-27(25)28)35(45)40-29-15-14-23(17-41)16-30(29)53-37-34(52-22(4)44)32(51-21(3)43)31(50-20(2)42)33(54-37)36(46)48-5/h6-16,19,28,31-34,37,41H,17-18H2,1-5H3,(H,39,47)(H,40,45)/t19-,31-,32-,33-,34+,37+/m0/s1. The Morgan fingerprint density at radius 3 is 1.94 bits per heavy atom. The molecule has 1 aliphatic carbocycles. The summed E-state index contributed by atoms with van der Waals surface area (Å²) in [4.78, 5) is 75.6. The summed E-state index contributed by atoms with van der Waals surface area (Å²) in [6.07, 6.45) is -9.20. The molecule has 286 valence electrons. The first-order valence-electron chi connectivity index (χ1n) is 16.9. The van der Waals surface area contributed by atoms with E-state index in [1.807, 2.05) is 48.5 Å². The van der Waals surface area contributed by atoms with Gasteiger partial charge >= 0.3 is 30.0 Å². The number of ether oxygens (including phenoxy) is 7. The normalized spacial score (nSPS) is 20.6. The third-order valence-corrected chi connectivity index (χ3v) is 8.64. The van der Waals surface area contributed by atoms with Gasteiger partial charge in [-0.3, -0.25) is 19.2 Å². The molecule has 3 aromatic carbocycles. The van der Waals surface area contributed by atoms with Crippen molar-refractivity contribution in [1.29, 1.82) is 0 Å². The molecule has 2 aliphatic rings. The molecule has 54 heavy (non-hydrogen) atoms. The molecular weight excluding hydrogens is 708 g/mol. The zero-order valence-electron chi connectivity index (χ0n) is 30.1. The Morgan fingerprint density at radius 2 is 1.37 bits per heavy atom. The molecule has 16 nitrogen and oxygen atoms in total. The van der Waals surface area contributed by atoms with Crippen LogP contribution in [-0.2, 0) is 59.0 Å². The maximum absolute atomic E-state index is 13.4. The lowest BCUT2D eigenvalue weighted by atomic mass is 9.97. The third kappa shape index (κ3) is 8.95. The van der Waals surface area contributed by atoms with E-state index in [1.165, 1.54) is 25.1 Å². The predicted octanol–water partition coefficient (Wildman–Crippen LogP) is 3.12. The number of aliphatic hydroxyl groups excluding tert-OH is 1. The highest BCUT2D eigenvalue weighted by atomic mass is 16.7. The zero-order chi connectivity index (χ0) is 39.1. The Labute approximate surface area is 309 Å². The minimum atomic E-state index is -1.74. The number of aliphatic hydroxyl groups is 1. The van der Waals surface area contributed by atoms with E-state index in [9.17, 15) is 33.9 Å². The molecule has 1 heterocycles. The molecule has 6 atom stereocenters. The Morgan fingerprint density at radius 1 is 0.796 bits per heavy atom. The van der Waals surface area contributed by atoms with E-state index in [-0.39, 0.29) is 24.0 Å². The van der Waals surface area contributed by atoms with Crippen LogP contribution in [0.1, 0.15) is 50.3 Å². The number of rotatable bonds is 12. The van der Waals surface area contributed by atoms with Crippen LogP contribution in [-0.4, -0.2) is 91.4 Å². The second kappa shape index (κ2) is 17.2. The van der Waals surface area contributed by atoms with E-state index in [1.54, 1.807) is 0 Å². The number of benzene rings is 3. The number of anilines is 1. The number of esters is 4. The van der Waals surface area contributed by atoms with Crippen molar-refractivity contribution in [1.82, 2.24) is 5.32 Å². The summed E-state index contributed by atoms with van der Waals surface area (Å²) in [6, 6.07) is 18.8. The van der Waals surface area contributed by atoms with E-state index in [4.69, 9.17) is 33.2 Å². The average molecular weight is 749 g/mol. The molecule has 1 saturated heterocycles. The molecule has 3 N–H and O–H groups in total. The second-order valence-electron chi connectivity index (χ2n) is 12.5. The molecule has 1 fully saturated rings. The molecular formula is C38H40N2O14. The molecule has 2 amide bonds. The SMILES string of the molecule is COC(=O)[C@H]1O[C@@H](Oc2cc(CO)ccc2NC(=O)[C@H](C)NC(=O)OCC2c3ccccc3-c3ccccc32)[C@H](OC(C)=O)[C@@H](OC(C)=O)[C@@H]1OC(C)=O. The minimum Gasteiger partial charge on any atom is -0.467 e. The summed E-state index contributed by atoms with van der Waals surface area (Å²) in [5.41, 5.74) is 4.48. The van der Waals surface area contributed by atoms with Crippen molar-refractivity contribution in [3.8, 4) is 16.9 Å². The van der Waals surface area contributed by atoms with Crippen molar-refractivity contribution in [3.63, 3.8) is 0 Å². The second-order valence-corrected chi connectivity index (χ2v) is 12.5. The van der Waals surface area contributed by atoms with E-state index in [2.05, 4.69) is 10.6 Å². The molecule has 3 aromatic rings. The van der Waals surface area contributed by atoms with Crippen LogP contribution in [0.25, 0.3) is 11.1 Å². The molecule has 0 bridgehead atoms. The first kappa shape index (κ1) is 39.2. The monoisotopic (exact) mass is 748 g/mol. The molecule has 16 heteroatoms. The van der Waals surface area contributed by atoms with Crippen molar-refractivity contribution >= 4 is 41.6 Å². The lowest BCUT2D eigenvalue weighted by molar-refractivity contribution is -0.282. The molecule has 1 aliphatic heterocycles. The highest BCUT2D eigenvalue weighted by Gasteiger charge is 2.56.